The van der Waals surface area contributed by atoms with E-state index < -0.39 is 5.97 Å². The summed E-state index contributed by atoms with van der Waals surface area (Å²) in [5.41, 5.74) is 0.593. The molecule has 3 heteroatoms. The average Bonchev–Trinajstić information content (AvgIpc) is 2.10. The third-order valence-corrected chi connectivity index (χ3v) is 2.02. The Hall–Kier alpha value is 0.470. The molecule has 0 spiro atoms. The minimum atomic E-state index is -0.746. The van der Waals surface area contributed by atoms with Gasteiger partial charge in [0.25, 0.3) is 0 Å². The second-order valence-electron chi connectivity index (χ2n) is 3.28. The molecule has 0 saturated carbocycles. The van der Waals surface area contributed by atoms with Crippen molar-refractivity contribution in [1.82, 2.24) is 0 Å². The topological polar surface area (TPSA) is 37.3 Å². The molecular formula is C11H22CaO2. The van der Waals surface area contributed by atoms with Crippen molar-refractivity contribution in [3.05, 3.63) is 11.6 Å². The Balaban J connectivity index is 0. The van der Waals surface area contributed by atoms with Crippen molar-refractivity contribution in [3.8, 4) is 0 Å². The quantitative estimate of drug-likeness (QED) is 0.411. The van der Waals surface area contributed by atoms with Crippen LogP contribution in [0.25, 0.3) is 0 Å². The summed E-state index contributed by atoms with van der Waals surface area (Å²) in [6, 6.07) is 0. The number of carbonyl (C=O) groups is 1. The van der Waals surface area contributed by atoms with E-state index in [0.29, 0.717) is 5.57 Å². The number of carboxylic acids is 1. The van der Waals surface area contributed by atoms with Crippen LogP contribution in [-0.4, -0.2) is 48.8 Å². The summed E-state index contributed by atoms with van der Waals surface area (Å²) in [7, 11) is 0. The van der Waals surface area contributed by atoms with Gasteiger partial charge in [0, 0.05) is 5.57 Å². The average molecular weight is 226 g/mol. The molecule has 0 heterocycles. The Morgan fingerprint density at radius 3 is 2.21 bits per heavy atom. The Labute approximate surface area is 117 Å². The zero-order valence-electron chi connectivity index (χ0n) is 8.68. The van der Waals surface area contributed by atoms with E-state index in [9.17, 15) is 4.79 Å². The van der Waals surface area contributed by atoms with Crippen LogP contribution in [0, 0.1) is 0 Å². The van der Waals surface area contributed by atoms with Crippen LogP contribution >= 0.6 is 0 Å². The SMILES string of the molecule is CCCCC=C(CCCC)C(=O)O.[CaH2]. The van der Waals surface area contributed by atoms with E-state index in [0.717, 1.165) is 38.5 Å². The van der Waals surface area contributed by atoms with Crippen molar-refractivity contribution in [1.29, 1.82) is 0 Å². The molecule has 2 nitrogen and oxygen atoms in total. The number of rotatable bonds is 7. The molecule has 0 aliphatic heterocycles. The predicted molar refractivity (Wildman–Crippen MR) is 63.3 cm³/mol. The van der Waals surface area contributed by atoms with E-state index >= 15 is 0 Å². The van der Waals surface area contributed by atoms with Crippen LogP contribution in [0.2, 0.25) is 0 Å². The van der Waals surface area contributed by atoms with E-state index in [1.807, 2.05) is 6.08 Å². The molecule has 0 rings (SSSR count). The van der Waals surface area contributed by atoms with Gasteiger partial charge in [-0.2, -0.15) is 0 Å². The van der Waals surface area contributed by atoms with Gasteiger partial charge in [-0.3, -0.25) is 0 Å². The Bertz CT molecular complexity index is 176. The number of unbranched alkanes of at least 4 members (excludes halogenated alkanes) is 3. The van der Waals surface area contributed by atoms with Crippen LogP contribution in [0.1, 0.15) is 52.4 Å². The van der Waals surface area contributed by atoms with Crippen LogP contribution in [0.5, 0.6) is 0 Å². The number of aliphatic carboxylic acids is 1. The van der Waals surface area contributed by atoms with Gasteiger partial charge in [-0.25, -0.2) is 4.79 Å². The first-order valence-electron chi connectivity index (χ1n) is 5.14. The molecule has 0 unspecified atom stereocenters. The van der Waals surface area contributed by atoms with Gasteiger partial charge < -0.3 is 5.11 Å². The maximum absolute atomic E-state index is 10.7. The first kappa shape index (κ1) is 16.9. The summed E-state index contributed by atoms with van der Waals surface area (Å²) in [5, 5.41) is 8.83. The van der Waals surface area contributed by atoms with Gasteiger partial charge in [0.15, 0.2) is 0 Å². The van der Waals surface area contributed by atoms with Gasteiger partial charge in [-0.1, -0.05) is 39.2 Å². The fourth-order valence-electron chi connectivity index (χ4n) is 1.14. The fraction of sp³-hybridized carbons (Fsp3) is 0.727. The van der Waals surface area contributed by atoms with Gasteiger partial charge >= 0.3 is 43.7 Å². The third-order valence-electron chi connectivity index (χ3n) is 2.02. The third kappa shape index (κ3) is 9.04. The van der Waals surface area contributed by atoms with Gasteiger partial charge in [0.05, 0.1) is 0 Å². The van der Waals surface area contributed by atoms with Crippen LogP contribution < -0.4 is 0 Å². The van der Waals surface area contributed by atoms with Crippen LogP contribution in [0.15, 0.2) is 11.6 Å². The first-order chi connectivity index (χ1) is 6.22. The van der Waals surface area contributed by atoms with Gasteiger partial charge in [0.1, 0.15) is 0 Å². The number of hydrogen-bond donors (Lipinski definition) is 1. The number of carboxylic acid groups (broad SMARTS) is 1. The van der Waals surface area contributed by atoms with Crippen molar-refractivity contribution < 1.29 is 9.90 Å². The molecule has 0 aromatic heterocycles. The minimum absolute atomic E-state index is 0. The van der Waals surface area contributed by atoms with E-state index in [4.69, 9.17) is 5.11 Å². The zero-order chi connectivity index (χ0) is 10.1. The molecule has 1 N–H and O–H groups in total. The standard InChI is InChI=1S/C11H20O2.Ca.2H/c1-3-5-7-9-10(11(12)13)8-6-4-2;;;/h9H,3-8H2,1-2H3,(H,12,13);;;. The molecule has 80 valence electrons. The van der Waals surface area contributed by atoms with E-state index in [1.165, 1.54) is 0 Å². The van der Waals surface area contributed by atoms with Crippen molar-refractivity contribution >= 4 is 43.7 Å². The van der Waals surface area contributed by atoms with Crippen molar-refractivity contribution in [2.75, 3.05) is 0 Å². The van der Waals surface area contributed by atoms with Crippen LogP contribution in [-0.2, 0) is 4.79 Å². The molecule has 0 fully saturated rings. The molecule has 0 bridgehead atoms. The zero-order valence-corrected chi connectivity index (χ0v) is 8.68. The van der Waals surface area contributed by atoms with Crippen LogP contribution in [0.4, 0.5) is 0 Å². The molecule has 0 amide bonds. The summed E-state index contributed by atoms with van der Waals surface area (Å²) in [6.45, 7) is 4.19. The summed E-state index contributed by atoms with van der Waals surface area (Å²) in [4.78, 5) is 10.7. The van der Waals surface area contributed by atoms with Gasteiger partial charge in [-0.05, 0) is 19.3 Å². The Kier molecular flexibility index (Phi) is 13.9. The molecule has 14 heavy (non-hydrogen) atoms. The van der Waals surface area contributed by atoms with E-state index in [1.54, 1.807) is 0 Å². The van der Waals surface area contributed by atoms with Gasteiger partial charge in [-0.15, -0.1) is 0 Å². The summed E-state index contributed by atoms with van der Waals surface area (Å²) < 4.78 is 0. The Morgan fingerprint density at radius 2 is 1.79 bits per heavy atom. The molecule has 0 radical (unpaired) electrons. The van der Waals surface area contributed by atoms with Crippen molar-refractivity contribution in [2.45, 2.75) is 52.4 Å². The molecule has 0 saturated heterocycles. The molecular weight excluding hydrogens is 204 g/mol. The summed E-state index contributed by atoms with van der Waals surface area (Å²) >= 11 is 0. The molecule has 0 aromatic carbocycles. The normalized spacial score (nSPS) is 10.9. The van der Waals surface area contributed by atoms with E-state index in [2.05, 4.69) is 13.8 Å². The molecule has 0 aromatic rings. The first-order valence-corrected chi connectivity index (χ1v) is 5.14. The monoisotopic (exact) mass is 226 g/mol. The summed E-state index contributed by atoms with van der Waals surface area (Å²) in [6.07, 6.45) is 7.74. The number of allylic oxidation sites excluding steroid dienone is 1. The van der Waals surface area contributed by atoms with Crippen molar-refractivity contribution in [2.24, 2.45) is 0 Å². The van der Waals surface area contributed by atoms with Crippen LogP contribution in [0.3, 0.4) is 0 Å². The molecule has 0 aliphatic carbocycles. The predicted octanol–water partition coefficient (Wildman–Crippen LogP) is 2.46. The molecule has 0 atom stereocenters. The number of hydrogen-bond acceptors (Lipinski definition) is 1. The second kappa shape index (κ2) is 11.5. The fourth-order valence-corrected chi connectivity index (χ4v) is 1.14. The maximum atomic E-state index is 10.7. The van der Waals surface area contributed by atoms with E-state index in [-0.39, 0.29) is 37.7 Å². The summed E-state index contributed by atoms with van der Waals surface area (Å²) in [5.74, 6) is -0.746. The molecule has 0 aliphatic rings. The van der Waals surface area contributed by atoms with Gasteiger partial charge in [0.2, 0.25) is 0 Å². The second-order valence-corrected chi connectivity index (χ2v) is 3.28. The Morgan fingerprint density at radius 1 is 1.21 bits per heavy atom. The van der Waals surface area contributed by atoms with Crippen molar-refractivity contribution in [3.63, 3.8) is 0 Å².